The highest BCUT2D eigenvalue weighted by Crippen LogP contribution is 2.21. The Morgan fingerprint density at radius 1 is 1.39 bits per heavy atom. The number of hydrogen-bond donors (Lipinski definition) is 2. The third-order valence-electron chi connectivity index (χ3n) is 2.92. The normalized spacial score (nSPS) is 10.9. The van der Waals surface area contributed by atoms with Crippen LogP contribution in [0.2, 0.25) is 5.02 Å². The Morgan fingerprint density at radius 3 is 2.65 bits per heavy atom. The molecule has 10 heteroatoms. The molecule has 2 aromatic rings. The fraction of sp³-hybridized carbons (Fsp3) is 0.154. The molecule has 0 atom stereocenters. The second kappa shape index (κ2) is 6.28. The zero-order valence-corrected chi connectivity index (χ0v) is 13.7. The Morgan fingerprint density at radius 2 is 2.04 bits per heavy atom. The fourth-order valence-electron chi connectivity index (χ4n) is 1.91. The summed E-state index contributed by atoms with van der Waals surface area (Å²) in [6.07, 6.45) is 0. The van der Waals surface area contributed by atoms with Gasteiger partial charge in [-0.25, -0.2) is 17.9 Å². The van der Waals surface area contributed by atoms with E-state index in [4.69, 9.17) is 16.9 Å². The average molecular weight is 354 g/mol. The van der Waals surface area contributed by atoms with Crippen LogP contribution in [0.25, 0.3) is 0 Å². The van der Waals surface area contributed by atoms with E-state index in [9.17, 15) is 13.2 Å². The van der Waals surface area contributed by atoms with Crippen molar-refractivity contribution in [2.24, 2.45) is 7.05 Å². The van der Waals surface area contributed by atoms with E-state index in [-0.39, 0.29) is 21.3 Å². The van der Waals surface area contributed by atoms with E-state index in [1.54, 1.807) is 13.0 Å². The first-order valence-electron chi connectivity index (χ1n) is 6.28. The predicted octanol–water partition coefficient (Wildman–Crippen LogP) is 1.76. The van der Waals surface area contributed by atoms with E-state index >= 15 is 0 Å². The lowest BCUT2D eigenvalue weighted by Crippen LogP contribution is -2.35. The number of benzene rings is 1. The van der Waals surface area contributed by atoms with E-state index in [0.29, 0.717) is 5.69 Å². The quantitative estimate of drug-likeness (QED) is 0.871. The van der Waals surface area contributed by atoms with Crippen molar-refractivity contribution < 1.29 is 13.2 Å². The molecular weight excluding hydrogens is 342 g/mol. The van der Waals surface area contributed by atoms with Crippen LogP contribution in [0.15, 0.2) is 29.2 Å². The first-order chi connectivity index (χ1) is 10.8. The summed E-state index contributed by atoms with van der Waals surface area (Å²) in [5.41, 5.74) is 0.567. The molecule has 1 aromatic heterocycles. The van der Waals surface area contributed by atoms with Gasteiger partial charge in [-0.1, -0.05) is 23.7 Å². The lowest BCUT2D eigenvalue weighted by Gasteiger charge is -2.10. The van der Waals surface area contributed by atoms with E-state index < -0.39 is 16.1 Å². The minimum absolute atomic E-state index is 0.0121. The van der Waals surface area contributed by atoms with Crippen molar-refractivity contribution in [2.75, 3.05) is 5.32 Å². The van der Waals surface area contributed by atoms with Gasteiger partial charge in [0, 0.05) is 7.05 Å². The maximum absolute atomic E-state index is 12.2. The Kier molecular flexibility index (Phi) is 4.58. The topological polar surface area (TPSA) is 117 Å². The minimum Gasteiger partial charge on any atom is -0.291 e. The predicted molar refractivity (Wildman–Crippen MR) is 83.5 cm³/mol. The third-order valence-corrected chi connectivity index (χ3v) is 4.75. The number of amides is 2. The lowest BCUT2D eigenvalue weighted by atomic mass is 10.3. The van der Waals surface area contributed by atoms with Gasteiger partial charge < -0.3 is 0 Å². The van der Waals surface area contributed by atoms with Crippen LogP contribution in [0.4, 0.5) is 10.6 Å². The maximum Gasteiger partial charge on any atom is 0.334 e. The van der Waals surface area contributed by atoms with Gasteiger partial charge in [-0.2, -0.15) is 10.4 Å². The summed E-state index contributed by atoms with van der Waals surface area (Å²) >= 11 is 5.82. The molecule has 0 aliphatic carbocycles. The van der Waals surface area contributed by atoms with Crippen LogP contribution in [0.5, 0.6) is 0 Å². The summed E-state index contributed by atoms with van der Waals surface area (Å²) in [5.74, 6) is 0.0943. The number of urea groups is 1. The molecule has 1 heterocycles. The van der Waals surface area contributed by atoms with E-state index in [2.05, 4.69) is 10.4 Å². The summed E-state index contributed by atoms with van der Waals surface area (Å²) in [6.45, 7) is 1.60. The second-order valence-corrected chi connectivity index (χ2v) is 6.59. The standard InChI is InChI=1S/C13H12ClN5O3S/c1-8-9(7-15)12(19(2)17-8)16-13(20)18-23(21,22)11-6-4-3-5-10(11)14/h3-6H,1-2H3,(H2,16,18,20). The molecule has 0 unspecified atom stereocenters. The minimum atomic E-state index is -4.14. The van der Waals surface area contributed by atoms with Crippen LogP contribution in [0.1, 0.15) is 11.3 Å². The van der Waals surface area contributed by atoms with Crippen molar-refractivity contribution in [3.63, 3.8) is 0 Å². The van der Waals surface area contributed by atoms with Crippen LogP contribution < -0.4 is 10.0 Å². The van der Waals surface area contributed by atoms with Crippen molar-refractivity contribution in [1.82, 2.24) is 14.5 Å². The van der Waals surface area contributed by atoms with Crippen molar-refractivity contribution in [3.05, 3.63) is 40.5 Å². The number of aryl methyl sites for hydroxylation is 2. The molecule has 2 N–H and O–H groups in total. The number of carbonyl (C=O) groups is 1. The van der Waals surface area contributed by atoms with Gasteiger partial charge in [0.1, 0.15) is 22.3 Å². The molecular formula is C13H12ClN5O3S. The number of carbonyl (C=O) groups excluding carboxylic acids is 1. The van der Waals surface area contributed by atoms with Crippen LogP contribution in [0.3, 0.4) is 0 Å². The number of sulfonamides is 1. The van der Waals surface area contributed by atoms with Gasteiger partial charge in [0.05, 0.1) is 10.7 Å². The van der Waals surface area contributed by atoms with Crippen LogP contribution in [0, 0.1) is 18.3 Å². The van der Waals surface area contributed by atoms with Gasteiger partial charge >= 0.3 is 6.03 Å². The number of hydrogen-bond acceptors (Lipinski definition) is 5. The fourth-order valence-corrected chi connectivity index (χ4v) is 3.34. The second-order valence-electron chi connectivity index (χ2n) is 4.53. The van der Waals surface area contributed by atoms with Gasteiger partial charge in [0.2, 0.25) is 0 Å². The van der Waals surface area contributed by atoms with Crippen molar-refractivity contribution in [2.45, 2.75) is 11.8 Å². The number of nitrogens with zero attached hydrogens (tertiary/aromatic N) is 3. The zero-order chi connectivity index (χ0) is 17.2. The zero-order valence-electron chi connectivity index (χ0n) is 12.2. The maximum atomic E-state index is 12.2. The van der Waals surface area contributed by atoms with Gasteiger partial charge in [-0.05, 0) is 19.1 Å². The molecule has 0 saturated carbocycles. The monoisotopic (exact) mass is 353 g/mol. The third kappa shape index (κ3) is 3.44. The molecule has 0 bridgehead atoms. The van der Waals surface area contributed by atoms with Crippen LogP contribution >= 0.6 is 11.6 Å². The Labute approximate surface area is 137 Å². The number of anilines is 1. The number of nitriles is 1. The van der Waals surface area contributed by atoms with Crippen molar-refractivity contribution in [3.8, 4) is 6.07 Å². The highest BCUT2D eigenvalue weighted by molar-refractivity contribution is 7.90. The lowest BCUT2D eigenvalue weighted by molar-refractivity contribution is 0.256. The molecule has 2 amide bonds. The molecule has 23 heavy (non-hydrogen) atoms. The molecule has 2 rings (SSSR count). The molecule has 0 radical (unpaired) electrons. The molecule has 0 spiro atoms. The van der Waals surface area contributed by atoms with E-state index in [1.165, 1.54) is 29.9 Å². The largest absolute Gasteiger partial charge is 0.334 e. The van der Waals surface area contributed by atoms with Crippen LogP contribution in [-0.4, -0.2) is 24.2 Å². The number of rotatable bonds is 3. The SMILES string of the molecule is Cc1nn(C)c(NC(=O)NS(=O)(=O)c2ccccc2Cl)c1C#N. The van der Waals surface area contributed by atoms with Crippen molar-refractivity contribution >= 4 is 33.5 Å². The summed E-state index contributed by atoms with van der Waals surface area (Å²) in [6, 6.07) is 6.59. The first kappa shape index (κ1) is 16.8. The summed E-state index contributed by atoms with van der Waals surface area (Å²) in [7, 11) is -2.62. The molecule has 120 valence electrons. The molecule has 0 saturated heterocycles. The van der Waals surface area contributed by atoms with E-state index in [1.807, 2.05) is 10.8 Å². The molecule has 1 aromatic carbocycles. The highest BCUT2D eigenvalue weighted by atomic mass is 35.5. The smallest absolute Gasteiger partial charge is 0.291 e. The van der Waals surface area contributed by atoms with Gasteiger partial charge in [-0.3, -0.25) is 10.00 Å². The molecule has 0 aliphatic heterocycles. The summed E-state index contributed by atoms with van der Waals surface area (Å²) in [5, 5.41) is 15.3. The number of nitrogens with one attached hydrogen (secondary N) is 2. The van der Waals surface area contributed by atoms with Crippen LogP contribution in [-0.2, 0) is 17.1 Å². The highest BCUT2D eigenvalue weighted by Gasteiger charge is 2.22. The summed E-state index contributed by atoms with van der Waals surface area (Å²) < 4.78 is 27.4. The van der Waals surface area contributed by atoms with Gasteiger partial charge in [0.25, 0.3) is 10.0 Å². The number of aromatic nitrogens is 2. The van der Waals surface area contributed by atoms with Crippen molar-refractivity contribution in [1.29, 1.82) is 5.26 Å². The van der Waals surface area contributed by atoms with E-state index in [0.717, 1.165) is 0 Å². The molecule has 0 fully saturated rings. The Balaban J connectivity index is 2.24. The van der Waals surface area contributed by atoms with Gasteiger partial charge in [-0.15, -0.1) is 0 Å². The number of halogens is 1. The average Bonchev–Trinajstić information content (AvgIpc) is 2.72. The molecule has 8 nitrogen and oxygen atoms in total. The first-order valence-corrected chi connectivity index (χ1v) is 8.14. The molecule has 0 aliphatic rings. The summed E-state index contributed by atoms with van der Waals surface area (Å²) in [4.78, 5) is 11.7. The Bertz CT molecular complexity index is 914. The van der Waals surface area contributed by atoms with Gasteiger partial charge in [0.15, 0.2) is 0 Å². The Hall–Kier alpha value is -2.57.